The van der Waals surface area contributed by atoms with Gasteiger partial charge in [0.2, 0.25) is 0 Å². The summed E-state index contributed by atoms with van der Waals surface area (Å²) in [4.78, 5) is 35.5. The van der Waals surface area contributed by atoms with Crippen molar-refractivity contribution in [3.63, 3.8) is 0 Å². The molecular formula is C19H21NO5S. The van der Waals surface area contributed by atoms with E-state index in [0.717, 1.165) is 24.6 Å². The Labute approximate surface area is 156 Å². The topological polar surface area (TPSA) is 81.7 Å². The summed E-state index contributed by atoms with van der Waals surface area (Å²) >= 11 is 0.844. The minimum atomic E-state index is -0.424. The van der Waals surface area contributed by atoms with Gasteiger partial charge >= 0.3 is 5.97 Å². The Kier molecular flexibility index (Phi) is 5.98. The number of nitrogens with one attached hydrogen (secondary N) is 1. The van der Waals surface area contributed by atoms with Crippen molar-refractivity contribution in [2.45, 2.75) is 38.5 Å². The van der Waals surface area contributed by atoms with Crippen molar-refractivity contribution < 1.29 is 23.9 Å². The van der Waals surface area contributed by atoms with Crippen LogP contribution >= 0.6 is 11.8 Å². The molecule has 1 aromatic carbocycles. The van der Waals surface area contributed by atoms with Crippen LogP contribution in [0.3, 0.4) is 0 Å². The molecule has 1 saturated carbocycles. The summed E-state index contributed by atoms with van der Waals surface area (Å²) in [7, 11) is 1.50. The third-order valence-corrected chi connectivity index (χ3v) is 5.34. The van der Waals surface area contributed by atoms with E-state index < -0.39 is 11.1 Å². The smallest absolute Gasteiger partial charge is 0.311 e. The molecular weight excluding hydrogens is 354 g/mol. The number of carbonyl (C=O) groups excluding carboxylic acids is 3. The predicted molar refractivity (Wildman–Crippen MR) is 98.9 cm³/mol. The summed E-state index contributed by atoms with van der Waals surface area (Å²) in [6, 6.07) is 5.05. The van der Waals surface area contributed by atoms with Gasteiger partial charge in [0.15, 0.2) is 11.5 Å². The third kappa shape index (κ3) is 4.66. The average Bonchev–Trinajstić information content (AvgIpc) is 2.93. The summed E-state index contributed by atoms with van der Waals surface area (Å²) < 4.78 is 10.8. The predicted octanol–water partition coefficient (Wildman–Crippen LogP) is 3.89. The molecule has 3 rings (SSSR count). The standard InChI is InChI=1S/C19H21NO5S/c1-24-14-8-7-13(10-16-18(22)20-19(23)26-16)9-15(14)25-17(21)11-12-5-3-2-4-6-12/h7-10,12H,2-6,11H2,1H3,(H,20,22,23)/b16-10-. The van der Waals surface area contributed by atoms with E-state index in [1.807, 2.05) is 0 Å². The zero-order valence-electron chi connectivity index (χ0n) is 14.6. The number of hydrogen-bond acceptors (Lipinski definition) is 6. The number of thioether (sulfide) groups is 1. The number of imide groups is 1. The maximum absolute atomic E-state index is 12.3. The molecule has 6 nitrogen and oxygen atoms in total. The fourth-order valence-corrected chi connectivity index (χ4v) is 3.91. The highest BCUT2D eigenvalue weighted by Gasteiger charge is 2.25. The number of benzene rings is 1. The molecule has 1 saturated heterocycles. The second-order valence-corrected chi connectivity index (χ2v) is 7.46. The van der Waals surface area contributed by atoms with Gasteiger partial charge in [-0.2, -0.15) is 0 Å². The number of amides is 2. The van der Waals surface area contributed by atoms with Crippen LogP contribution in [0, 0.1) is 5.92 Å². The van der Waals surface area contributed by atoms with Gasteiger partial charge in [0, 0.05) is 6.42 Å². The maximum Gasteiger partial charge on any atom is 0.311 e. The van der Waals surface area contributed by atoms with E-state index in [4.69, 9.17) is 9.47 Å². The lowest BCUT2D eigenvalue weighted by atomic mass is 9.87. The molecule has 1 N–H and O–H groups in total. The Morgan fingerprint density at radius 3 is 2.65 bits per heavy atom. The van der Waals surface area contributed by atoms with Gasteiger partial charge in [0.05, 0.1) is 12.0 Å². The van der Waals surface area contributed by atoms with Crippen molar-refractivity contribution in [1.29, 1.82) is 0 Å². The second-order valence-electron chi connectivity index (χ2n) is 6.44. The molecule has 26 heavy (non-hydrogen) atoms. The summed E-state index contributed by atoms with van der Waals surface area (Å²) in [5, 5.41) is 1.81. The van der Waals surface area contributed by atoms with Crippen LogP contribution in [0.25, 0.3) is 6.08 Å². The molecule has 0 aromatic heterocycles. The van der Waals surface area contributed by atoms with E-state index in [-0.39, 0.29) is 5.97 Å². The van der Waals surface area contributed by atoms with Crippen LogP contribution in [0.5, 0.6) is 11.5 Å². The zero-order valence-corrected chi connectivity index (χ0v) is 15.4. The number of carbonyl (C=O) groups is 3. The van der Waals surface area contributed by atoms with Crippen LogP contribution in [0.4, 0.5) is 4.79 Å². The van der Waals surface area contributed by atoms with Gasteiger partial charge < -0.3 is 9.47 Å². The van der Waals surface area contributed by atoms with Crippen LogP contribution in [0.1, 0.15) is 44.1 Å². The Morgan fingerprint density at radius 2 is 2.00 bits per heavy atom. The molecule has 2 aliphatic rings. The summed E-state index contributed by atoms with van der Waals surface area (Å²) in [6.07, 6.45) is 7.71. The van der Waals surface area contributed by atoms with Crippen molar-refractivity contribution in [3.8, 4) is 11.5 Å². The van der Waals surface area contributed by atoms with E-state index in [2.05, 4.69) is 5.32 Å². The molecule has 7 heteroatoms. The Hall–Kier alpha value is -2.28. The number of methoxy groups -OCH3 is 1. The normalized spacial score (nSPS) is 19.5. The Bertz CT molecular complexity index is 752. The van der Waals surface area contributed by atoms with Crippen LogP contribution < -0.4 is 14.8 Å². The quantitative estimate of drug-likeness (QED) is 0.478. The largest absolute Gasteiger partial charge is 0.493 e. The van der Waals surface area contributed by atoms with Crippen molar-refractivity contribution in [2.24, 2.45) is 5.92 Å². The highest BCUT2D eigenvalue weighted by atomic mass is 32.2. The van der Waals surface area contributed by atoms with E-state index >= 15 is 0 Å². The van der Waals surface area contributed by atoms with Crippen LogP contribution in [0.15, 0.2) is 23.1 Å². The Balaban J connectivity index is 1.73. The molecule has 0 atom stereocenters. The number of esters is 1. The molecule has 0 bridgehead atoms. The molecule has 1 aliphatic carbocycles. The molecule has 138 valence electrons. The van der Waals surface area contributed by atoms with Gasteiger partial charge in [0.25, 0.3) is 11.1 Å². The van der Waals surface area contributed by atoms with E-state index in [1.165, 1.54) is 26.4 Å². The van der Waals surface area contributed by atoms with Gasteiger partial charge in [-0.1, -0.05) is 25.3 Å². The van der Waals surface area contributed by atoms with Crippen molar-refractivity contribution in [1.82, 2.24) is 5.32 Å². The van der Waals surface area contributed by atoms with Crippen molar-refractivity contribution >= 4 is 35.0 Å². The van der Waals surface area contributed by atoms with Gasteiger partial charge in [-0.15, -0.1) is 0 Å². The van der Waals surface area contributed by atoms with Gasteiger partial charge in [0.1, 0.15) is 0 Å². The van der Waals surface area contributed by atoms with Gasteiger partial charge in [-0.25, -0.2) is 0 Å². The first-order chi connectivity index (χ1) is 12.5. The van der Waals surface area contributed by atoms with Crippen molar-refractivity contribution in [2.75, 3.05) is 7.11 Å². The van der Waals surface area contributed by atoms with E-state index in [0.29, 0.717) is 34.3 Å². The minimum absolute atomic E-state index is 0.275. The fraction of sp³-hybridized carbons (Fsp3) is 0.421. The minimum Gasteiger partial charge on any atom is -0.493 e. The van der Waals surface area contributed by atoms with E-state index in [1.54, 1.807) is 24.3 Å². The lowest BCUT2D eigenvalue weighted by molar-refractivity contribution is -0.135. The first-order valence-corrected chi connectivity index (χ1v) is 9.50. The van der Waals surface area contributed by atoms with Crippen LogP contribution in [-0.4, -0.2) is 24.2 Å². The summed E-state index contributed by atoms with van der Waals surface area (Å²) in [6.45, 7) is 0. The van der Waals surface area contributed by atoms with Gasteiger partial charge in [-0.3, -0.25) is 19.7 Å². The number of rotatable bonds is 5. The van der Waals surface area contributed by atoms with Gasteiger partial charge in [-0.05, 0) is 54.3 Å². The molecule has 0 radical (unpaired) electrons. The molecule has 1 aromatic rings. The second kappa shape index (κ2) is 8.40. The summed E-state index contributed by atoms with van der Waals surface area (Å²) in [5.74, 6) is 0.452. The lowest BCUT2D eigenvalue weighted by Crippen LogP contribution is -2.17. The first-order valence-electron chi connectivity index (χ1n) is 8.68. The van der Waals surface area contributed by atoms with Crippen LogP contribution in [-0.2, 0) is 9.59 Å². The highest BCUT2D eigenvalue weighted by Crippen LogP contribution is 2.33. The first kappa shape index (κ1) is 18.5. The highest BCUT2D eigenvalue weighted by molar-refractivity contribution is 8.18. The molecule has 2 fully saturated rings. The fourth-order valence-electron chi connectivity index (χ4n) is 3.23. The molecule has 0 unspecified atom stereocenters. The number of ether oxygens (including phenoxy) is 2. The zero-order chi connectivity index (χ0) is 18.5. The maximum atomic E-state index is 12.3. The third-order valence-electron chi connectivity index (χ3n) is 4.53. The monoisotopic (exact) mass is 375 g/mol. The average molecular weight is 375 g/mol. The van der Waals surface area contributed by atoms with Crippen molar-refractivity contribution in [3.05, 3.63) is 28.7 Å². The molecule has 1 heterocycles. The SMILES string of the molecule is COc1ccc(/C=C2\SC(=O)NC2=O)cc1OC(=O)CC1CCCCC1. The molecule has 1 aliphatic heterocycles. The number of hydrogen-bond donors (Lipinski definition) is 1. The lowest BCUT2D eigenvalue weighted by Gasteiger charge is -2.20. The van der Waals surface area contributed by atoms with Crippen LogP contribution in [0.2, 0.25) is 0 Å². The molecule has 2 amide bonds. The molecule has 0 spiro atoms. The van der Waals surface area contributed by atoms with E-state index in [9.17, 15) is 14.4 Å². The Morgan fingerprint density at radius 1 is 1.23 bits per heavy atom. The summed E-state index contributed by atoms with van der Waals surface area (Å²) in [5.41, 5.74) is 0.651.